The summed E-state index contributed by atoms with van der Waals surface area (Å²) in [7, 11) is -3.76. The number of carbonyl (C=O) groups is 1. The molecule has 1 heterocycles. The quantitative estimate of drug-likeness (QED) is 0.630. The molecule has 0 bridgehead atoms. The number of halogens is 2. The van der Waals surface area contributed by atoms with Crippen molar-refractivity contribution in [3.8, 4) is 5.75 Å². The number of amides is 1. The Morgan fingerprint density at radius 3 is 2.76 bits per heavy atom. The number of hydrogen-bond donors (Lipinski definition) is 1. The Balaban J connectivity index is 1.75. The lowest BCUT2D eigenvalue weighted by Gasteiger charge is -2.31. The molecular weight excluding hydrogens is 480 g/mol. The molecule has 1 aliphatic heterocycles. The average Bonchev–Trinajstić information content (AvgIpc) is 2.71. The summed E-state index contributed by atoms with van der Waals surface area (Å²) in [6.45, 7) is 2.76. The number of hydrogen-bond acceptors (Lipinski definition) is 4. The molecular formula is C20H22BrClN2O4S. The average molecular weight is 502 g/mol. The smallest absolute Gasteiger partial charge is 0.243 e. The molecule has 29 heavy (non-hydrogen) atoms. The molecule has 2 aromatic carbocycles. The van der Waals surface area contributed by atoms with Crippen molar-refractivity contribution in [3.05, 3.63) is 52.0 Å². The Hall–Kier alpha value is -1.61. The number of ether oxygens (including phenoxy) is 1. The number of para-hydroxylation sites is 1. The number of carbonyl (C=O) groups excluding carboxylic acids is 1. The van der Waals surface area contributed by atoms with Crippen LogP contribution in [-0.4, -0.2) is 38.3 Å². The van der Waals surface area contributed by atoms with Crippen molar-refractivity contribution < 1.29 is 17.9 Å². The van der Waals surface area contributed by atoms with Crippen molar-refractivity contribution >= 4 is 49.1 Å². The van der Waals surface area contributed by atoms with Gasteiger partial charge in [-0.05, 0) is 66.0 Å². The highest BCUT2D eigenvalue weighted by Gasteiger charge is 2.33. The largest absolute Gasteiger partial charge is 0.492 e. The minimum Gasteiger partial charge on any atom is -0.492 e. The number of anilines is 1. The van der Waals surface area contributed by atoms with Gasteiger partial charge in [0.2, 0.25) is 15.9 Å². The van der Waals surface area contributed by atoms with Crippen molar-refractivity contribution in [2.24, 2.45) is 5.92 Å². The van der Waals surface area contributed by atoms with Gasteiger partial charge in [-0.2, -0.15) is 4.31 Å². The molecule has 6 nitrogen and oxygen atoms in total. The van der Waals surface area contributed by atoms with Crippen LogP contribution >= 0.6 is 27.5 Å². The zero-order valence-corrected chi connectivity index (χ0v) is 19.1. The van der Waals surface area contributed by atoms with Gasteiger partial charge >= 0.3 is 0 Å². The van der Waals surface area contributed by atoms with E-state index in [9.17, 15) is 13.2 Å². The molecule has 0 radical (unpaired) electrons. The van der Waals surface area contributed by atoms with Crippen LogP contribution in [0, 0.1) is 5.92 Å². The summed E-state index contributed by atoms with van der Waals surface area (Å²) in [6.07, 6.45) is 1.24. The summed E-state index contributed by atoms with van der Waals surface area (Å²) >= 11 is 9.56. The number of benzene rings is 2. The van der Waals surface area contributed by atoms with E-state index in [4.69, 9.17) is 16.3 Å². The van der Waals surface area contributed by atoms with E-state index in [-0.39, 0.29) is 22.4 Å². The van der Waals surface area contributed by atoms with Gasteiger partial charge in [-0.25, -0.2) is 8.42 Å². The molecule has 0 spiro atoms. The van der Waals surface area contributed by atoms with Crippen molar-refractivity contribution in [2.45, 2.75) is 24.7 Å². The standard InChI is InChI=1S/C20H22BrClN2O4S/c1-2-28-19-10-9-15(12-17(19)22)29(26,27)24-11-5-6-14(13-24)20(25)23-18-8-4-3-7-16(18)21/h3-4,7-10,12,14H,2,5-6,11,13H2,1H3,(H,23,25)/t14-/m0/s1. The van der Waals surface area contributed by atoms with E-state index in [1.165, 1.54) is 16.4 Å². The maximum atomic E-state index is 13.1. The molecule has 2 aromatic rings. The molecule has 3 rings (SSSR count). The van der Waals surface area contributed by atoms with Gasteiger partial charge in [-0.1, -0.05) is 23.7 Å². The second-order valence-electron chi connectivity index (χ2n) is 6.70. The van der Waals surface area contributed by atoms with Crippen molar-refractivity contribution in [3.63, 3.8) is 0 Å². The predicted molar refractivity (Wildman–Crippen MR) is 117 cm³/mol. The topological polar surface area (TPSA) is 75.7 Å². The van der Waals surface area contributed by atoms with E-state index < -0.39 is 15.9 Å². The summed E-state index contributed by atoms with van der Waals surface area (Å²) in [4.78, 5) is 12.8. The molecule has 0 unspecified atom stereocenters. The molecule has 156 valence electrons. The van der Waals surface area contributed by atoms with Gasteiger partial charge in [0.25, 0.3) is 0 Å². The normalized spacial score (nSPS) is 17.7. The maximum Gasteiger partial charge on any atom is 0.243 e. The first kappa shape index (κ1) is 22.1. The lowest BCUT2D eigenvalue weighted by atomic mass is 9.99. The number of sulfonamides is 1. The van der Waals surface area contributed by atoms with E-state index in [0.29, 0.717) is 37.4 Å². The van der Waals surface area contributed by atoms with Crippen molar-refractivity contribution in [1.82, 2.24) is 4.31 Å². The van der Waals surface area contributed by atoms with Crippen LogP contribution in [0.3, 0.4) is 0 Å². The van der Waals surface area contributed by atoms with Crippen LogP contribution in [0.1, 0.15) is 19.8 Å². The summed E-state index contributed by atoms with van der Waals surface area (Å²) in [5.41, 5.74) is 0.663. The van der Waals surface area contributed by atoms with Crippen molar-refractivity contribution in [1.29, 1.82) is 0 Å². The second kappa shape index (κ2) is 9.47. The summed E-state index contributed by atoms with van der Waals surface area (Å²) in [5, 5.41) is 3.12. The fourth-order valence-electron chi connectivity index (χ4n) is 3.24. The number of nitrogens with one attached hydrogen (secondary N) is 1. The van der Waals surface area contributed by atoms with Crippen LogP contribution in [-0.2, 0) is 14.8 Å². The Morgan fingerprint density at radius 2 is 2.07 bits per heavy atom. The second-order valence-corrected chi connectivity index (χ2v) is 9.90. The van der Waals surface area contributed by atoms with E-state index >= 15 is 0 Å². The molecule has 0 aliphatic carbocycles. The summed E-state index contributed by atoms with van der Waals surface area (Å²) in [6, 6.07) is 11.7. The molecule has 1 fully saturated rings. The van der Waals surface area contributed by atoms with Crippen LogP contribution < -0.4 is 10.1 Å². The fourth-order valence-corrected chi connectivity index (χ4v) is 5.47. The zero-order valence-electron chi connectivity index (χ0n) is 15.9. The minimum absolute atomic E-state index is 0.0952. The molecule has 1 aliphatic rings. The highest BCUT2D eigenvalue weighted by Crippen LogP contribution is 2.31. The maximum absolute atomic E-state index is 13.1. The minimum atomic E-state index is -3.76. The molecule has 1 saturated heterocycles. The summed E-state index contributed by atoms with van der Waals surface area (Å²) < 4.78 is 33.6. The predicted octanol–water partition coefficient (Wildman–Crippen LogP) is 4.54. The highest BCUT2D eigenvalue weighted by molar-refractivity contribution is 9.10. The fraction of sp³-hybridized carbons (Fsp3) is 0.350. The lowest BCUT2D eigenvalue weighted by molar-refractivity contribution is -0.120. The Labute approximate surface area is 184 Å². The van der Waals surface area contributed by atoms with E-state index in [1.807, 2.05) is 25.1 Å². The van der Waals surface area contributed by atoms with Gasteiger partial charge in [0.05, 0.1) is 28.1 Å². The Kier molecular flexibility index (Phi) is 7.21. The third-order valence-corrected chi connectivity index (χ3v) is 7.58. The van der Waals surface area contributed by atoms with Crippen molar-refractivity contribution in [2.75, 3.05) is 25.0 Å². The van der Waals surface area contributed by atoms with Crippen LogP contribution in [0.2, 0.25) is 5.02 Å². The van der Waals surface area contributed by atoms with Gasteiger partial charge in [0.15, 0.2) is 0 Å². The Bertz CT molecular complexity index is 1000. The van der Waals surface area contributed by atoms with Gasteiger partial charge < -0.3 is 10.1 Å². The summed E-state index contributed by atoms with van der Waals surface area (Å²) in [5.74, 6) is -0.178. The van der Waals surface area contributed by atoms with Crippen LogP contribution in [0.4, 0.5) is 5.69 Å². The number of nitrogens with zero attached hydrogens (tertiary/aromatic N) is 1. The van der Waals surface area contributed by atoms with Gasteiger partial charge in [0.1, 0.15) is 5.75 Å². The first-order valence-electron chi connectivity index (χ1n) is 9.31. The van der Waals surface area contributed by atoms with E-state index in [0.717, 1.165) is 4.47 Å². The molecule has 0 saturated carbocycles. The van der Waals surface area contributed by atoms with Crippen LogP contribution in [0.15, 0.2) is 51.8 Å². The van der Waals surface area contributed by atoms with E-state index in [1.54, 1.807) is 12.1 Å². The van der Waals surface area contributed by atoms with E-state index in [2.05, 4.69) is 21.2 Å². The van der Waals surface area contributed by atoms with Crippen LogP contribution in [0.25, 0.3) is 0 Å². The number of rotatable bonds is 6. The van der Waals surface area contributed by atoms with Gasteiger partial charge in [-0.3, -0.25) is 4.79 Å². The van der Waals surface area contributed by atoms with Gasteiger partial charge in [0, 0.05) is 17.6 Å². The number of piperidine rings is 1. The SMILES string of the molecule is CCOc1ccc(S(=O)(=O)N2CCC[C@H](C(=O)Nc3ccccc3Br)C2)cc1Cl. The molecule has 1 amide bonds. The zero-order chi connectivity index (χ0) is 21.0. The van der Waals surface area contributed by atoms with Crippen LogP contribution in [0.5, 0.6) is 5.75 Å². The Morgan fingerprint density at radius 1 is 1.31 bits per heavy atom. The van der Waals surface area contributed by atoms with Gasteiger partial charge in [-0.15, -0.1) is 0 Å². The third-order valence-electron chi connectivity index (χ3n) is 4.73. The molecule has 9 heteroatoms. The third kappa shape index (κ3) is 5.12. The lowest BCUT2D eigenvalue weighted by Crippen LogP contribution is -2.43. The first-order chi connectivity index (χ1) is 13.8. The molecule has 0 aromatic heterocycles. The molecule has 1 N–H and O–H groups in total. The monoisotopic (exact) mass is 500 g/mol. The highest BCUT2D eigenvalue weighted by atomic mass is 79.9. The first-order valence-corrected chi connectivity index (χ1v) is 11.9. The molecule has 1 atom stereocenters.